The Labute approximate surface area is 105 Å². The van der Waals surface area contributed by atoms with Crippen molar-refractivity contribution in [3.63, 3.8) is 0 Å². The highest BCUT2D eigenvalue weighted by Gasteiger charge is 2.33. The predicted molar refractivity (Wildman–Crippen MR) is 68.2 cm³/mol. The number of hydrogen-bond donors (Lipinski definition) is 1. The highest BCUT2D eigenvalue weighted by atomic mass is 16.5. The number of hydrogen-bond acceptors (Lipinski definition) is 4. The van der Waals surface area contributed by atoms with Gasteiger partial charge in [0, 0.05) is 31.7 Å². The van der Waals surface area contributed by atoms with Crippen molar-refractivity contribution in [3.8, 4) is 0 Å². The molecule has 1 atom stereocenters. The maximum Gasteiger partial charge on any atom is 0.0593 e. The fraction of sp³-hybridized carbons (Fsp3) is 1.00. The highest BCUT2D eigenvalue weighted by Crippen LogP contribution is 2.29. The molecular weight excluding hydrogens is 218 g/mol. The van der Waals surface area contributed by atoms with Crippen LogP contribution in [0.4, 0.5) is 0 Å². The van der Waals surface area contributed by atoms with E-state index in [4.69, 9.17) is 9.47 Å². The lowest BCUT2D eigenvalue weighted by molar-refractivity contribution is -0.0571. The summed E-state index contributed by atoms with van der Waals surface area (Å²) in [5.74, 6) is 0. The summed E-state index contributed by atoms with van der Waals surface area (Å²) in [5, 5.41) is 9.62. The maximum absolute atomic E-state index is 9.62. The number of aliphatic hydroxyl groups excluding tert-OH is 1. The van der Waals surface area contributed by atoms with E-state index in [0.717, 1.165) is 52.3 Å². The number of nitrogens with zero attached hydrogens (tertiary/aromatic N) is 1. The third-order valence-electron chi connectivity index (χ3n) is 3.50. The normalized spacial score (nSPS) is 25.4. The number of rotatable bonds is 8. The van der Waals surface area contributed by atoms with Crippen molar-refractivity contribution in [2.75, 3.05) is 52.7 Å². The lowest BCUT2D eigenvalue weighted by Crippen LogP contribution is -2.46. The van der Waals surface area contributed by atoms with E-state index >= 15 is 0 Å². The molecule has 1 unspecified atom stereocenters. The number of aliphatic hydroxyl groups is 1. The molecule has 0 bridgehead atoms. The zero-order valence-electron chi connectivity index (χ0n) is 11.3. The standard InChI is InChI=1S/C13H27NO3/c1-3-14(7-9-16-4-2)10-13(11-15)6-5-8-17-12-13/h15H,3-12H2,1-2H3. The quantitative estimate of drug-likeness (QED) is 0.651. The summed E-state index contributed by atoms with van der Waals surface area (Å²) in [6.07, 6.45) is 2.12. The molecule has 4 heteroatoms. The SMILES string of the molecule is CCOCCN(CC)CC1(CO)CCCOC1. The summed E-state index contributed by atoms with van der Waals surface area (Å²) >= 11 is 0. The topological polar surface area (TPSA) is 41.9 Å². The first kappa shape index (κ1) is 14.9. The van der Waals surface area contributed by atoms with Crippen LogP contribution in [0, 0.1) is 5.41 Å². The second kappa shape index (κ2) is 8.03. The molecule has 17 heavy (non-hydrogen) atoms. The molecule has 1 saturated heterocycles. The van der Waals surface area contributed by atoms with Crippen molar-refractivity contribution in [1.82, 2.24) is 4.90 Å². The second-order valence-electron chi connectivity index (χ2n) is 4.88. The van der Waals surface area contributed by atoms with E-state index in [1.165, 1.54) is 0 Å². The van der Waals surface area contributed by atoms with Crippen molar-refractivity contribution in [2.45, 2.75) is 26.7 Å². The third kappa shape index (κ3) is 4.92. The fourth-order valence-corrected chi connectivity index (χ4v) is 2.37. The van der Waals surface area contributed by atoms with Crippen LogP contribution in [-0.2, 0) is 9.47 Å². The fourth-order valence-electron chi connectivity index (χ4n) is 2.37. The number of likely N-dealkylation sites (N-methyl/N-ethyl adjacent to an activating group) is 1. The van der Waals surface area contributed by atoms with Gasteiger partial charge < -0.3 is 19.5 Å². The largest absolute Gasteiger partial charge is 0.396 e. The minimum atomic E-state index is -0.0551. The third-order valence-corrected chi connectivity index (χ3v) is 3.50. The molecule has 1 aliphatic heterocycles. The van der Waals surface area contributed by atoms with Gasteiger partial charge in [0.2, 0.25) is 0 Å². The van der Waals surface area contributed by atoms with Crippen molar-refractivity contribution < 1.29 is 14.6 Å². The summed E-state index contributed by atoms with van der Waals surface area (Å²) in [6.45, 7) is 10.3. The molecule has 1 aliphatic rings. The zero-order valence-corrected chi connectivity index (χ0v) is 11.3. The minimum Gasteiger partial charge on any atom is -0.396 e. The molecule has 0 aromatic rings. The van der Waals surface area contributed by atoms with E-state index in [1.54, 1.807) is 0 Å². The molecule has 1 rings (SSSR count). The minimum absolute atomic E-state index is 0.0551. The van der Waals surface area contributed by atoms with Crippen molar-refractivity contribution >= 4 is 0 Å². The summed E-state index contributed by atoms with van der Waals surface area (Å²) in [7, 11) is 0. The Morgan fingerprint density at radius 1 is 1.41 bits per heavy atom. The summed E-state index contributed by atoms with van der Waals surface area (Å²) in [6, 6.07) is 0. The average molecular weight is 245 g/mol. The molecule has 0 aromatic carbocycles. The molecule has 0 radical (unpaired) electrons. The summed E-state index contributed by atoms with van der Waals surface area (Å²) < 4.78 is 10.9. The van der Waals surface area contributed by atoms with Gasteiger partial charge in [-0.15, -0.1) is 0 Å². The Bertz CT molecular complexity index is 193. The van der Waals surface area contributed by atoms with Gasteiger partial charge in [0.25, 0.3) is 0 Å². The van der Waals surface area contributed by atoms with Crippen LogP contribution in [-0.4, -0.2) is 62.7 Å². The van der Waals surface area contributed by atoms with Crippen LogP contribution in [0.3, 0.4) is 0 Å². The lowest BCUT2D eigenvalue weighted by atomic mass is 9.83. The van der Waals surface area contributed by atoms with E-state index in [1.807, 2.05) is 6.92 Å². The highest BCUT2D eigenvalue weighted by molar-refractivity contribution is 4.84. The smallest absolute Gasteiger partial charge is 0.0593 e. The van der Waals surface area contributed by atoms with Crippen molar-refractivity contribution in [2.24, 2.45) is 5.41 Å². The van der Waals surface area contributed by atoms with Crippen molar-refractivity contribution in [1.29, 1.82) is 0 Å². The van der Waals surface area contributed by atoms with E-state index in [2.05, 4.69) is 11.8 Å². The van der Waals surface area contributed by atoms with E-state index in [0.29, 0.717) is 6.61 Å². The van der Waals surface area contributed by atoms with Crippen LogP contribution in [0.2, 0.25) is 0 Å². The van der Waals surface area contributed by atoms with Crippen LogP contribution in [0.5, 0.6) is 0 Å². The molecule has 0 aliphatic carbocycles. The molecule has 0 spiro atoms. The first-order chi connectivity index (χ1) is 8.26. The van der Waals surface area contributed by atoms with Gasteiger partial charge in [-0.05, 0) is 26.3 Å². The molecule has 0 saturated carbocycles. The first-order valence-corrected chi connectivity index (χ1v) is 6.75. The Hall–Kier alpha value is -0.160. The molecule has 1 N–H and O–H groups in total. The summed E-state index contributed by atoms with van der Waals surface area (Å²) in [5.41, 5.74) is -0.0551. The molecule has 1 fully saturated rings. The molecule has 4 nitrogen and oxygen atoms in total. The van der Waals surface area contributed by atoms with E-state index in [9.17, 15) is 5.11 Å². The van der Waals surface area contributed by atoms with E-state index < -0.39 is 0 Å². The van der Waals surface area contributed by atoms with Crippen LogP contribution in [0.15, 0.2) is 0 Å². The first-order valence-electron chi connectivity index (χ1n) is 6.75. The van der Waals surface area contributed by atoms with Crippen molar-refractivity contribution in [3.05, 3.63) is 0 Å². The van der Waals surface area contributed by atoms with Gasteiger partial charge in [-0.25, -0.2) is 0 Å². The lowest BCUT2D eigenvalue weighted by Gasteiger charge is -2.39. The Morgan fingerprint density at radius 2 is 2.24 bits per heavy atom. The van der Waals surface area contributed by atoms with Gasteiger partial charge in [-0.3, -0.25) is 0 Å². The maximum atomic E-state index is 9.62. The van der Waals surface area contributed by atoms with E-state index in [-0.39, 0.29) is 12.0 Å². The Morgan fingerprint density at radius 3 is 2.76 bits per heavy atom. The summed E-state index contributed by atoms with van der Waals surface area (Å²) in [4.78, 5) is 2.35. The van der Waals surface area contributed by atoms with Gasteiger partial charge in [0.1, 0.15) is 0 Å². The van der Waals surface area contributed by atoms with Gasteiger partial charge in [0.05, 0.1) is 19.8 Å². The molecule has 0 amide bonds. The van der Waals surface area contributed by atoms with Crippen LogP contribution in [0.1, 0.15) is 26.7 Å². The Kier molecular flexibility index (Phi) is 7.04. The van der Waals surface area contributed by atoms with Gasteiger partial charge >= 0.3 is 0 Å². The second-order valence-corrected chi connectivity index (χ2v) is 4.88. The van der Waals surface area contributed by atoms with Gasteiger partial charge in [-0.1, -0.05) is 6.92 Å². The Balaban J connectivity index is 2.40. The van der Waals surface area contributed by atoms with Gasteiger partial charge in [-0.2, -0.15) is 0 Å². The van der Waals surface area contributed by atoms with Crippen LogP contribution in [0.25, 0.3) is 0 Å². The molecule has 0 aromatic heterocycles. The van der Waals surface area contributed by atoms with Gasteiger partial charge in [0.15, 0.2) is 0 Å². The molecule has 1 heterocycles. The average Bonchev–Trinajstić information content (AvgIpc) is 2.39. The number of ether oxygens (including phenoxy) is 2. The van der Waals surface area contributed by atoms with Crippen LogP contribution < -0.4 is 0 Å². The molecule has 102 valence electrons. The zero-order chi connectivity index (χ0) is 12.6. The predicted octanol–water partition coefficient (Wildman–Crippen LogP) is 1.13. The monoisotopic (exact) mass is 245 g/mol. The molecular formula is C13H27NO3. The van der Waals surface area contributed by atoms with Crippen LogP contribution >= 0.6 is 0 Å².